The van der Waals surface area contributed by atoms with Crippen LogP contribution in [0.25, 0.3) is 11.3 Å². The molecule has 0 bridgehead atoms. The average molecular weight is 302 g/mol. The monoisotopic (exact) mass is 302 g/mol. The summed E-state index contributed by atoms with van der Waals surface area (Å²) in [7, 11) is 0. The lowest BCUT2D eigenvalue weighted by molar-refractivity contribution is 0.494. The quantitative estimate of drug-likeness (QED) is 0.702. The van der Waals surface area contributed by atoms with Gasteiger partial charge in [-0.15, -0.1) is 11.3 Å². The zero-order valence-electron chi connectivity index (χ0n) is 11.4. The molecule has 0 radical (unpaired) electrons. The molecule has 0 aliphatic heterocycles. The lowest BCUT2D eigenvalue weighted by Crippen LogP contribution is -2.16. The van der Waals surface area contributed by atoms with Crippen LogP contribution in [-0.2, 0) is 13.0 Å². The van der Waals surface area contributed by atoms with Crippen LogP contribution in [0.1, 0.15) is 10.8 Å². The van der Waals surface area contributed by atoms with Crippen LogP contribution in [0, 0.1) is 5.82 Å². The second kappa shape index (κ2) is 6.65. The molecule has 1 N–H and O–H groups in total. The molecule has 2 heterocycles. The summed E-state index contributed by atoms with van der Waals surface area (Å²) < 4.78 is 18.6. The fraction of sp³-hybridized carbons (Fsp3) is 0.188. The Morgan fingerprint density at radius 1 is 1.14 bits per heavy atom. The van der Waals surface area contributed by atoms with E-state index in [1.54, 1.807) is 23.5 Å². The van der Waals surface area contributed by atoms with Gasteiger partial charge in [-0.3, -0.25) is 0 Å². The first-order valence-corrected chi connectivity index (χ1v) is 7.63. The number of aromatic nitrogens is 1. The number of hydrogen-bond donors (Lipinski definition) is 1. The van der Waals surface area contributed by atoms with Crippen molar-refractivity contribution in [2.24, 2.45) is 0 Å². The molecule has 0 amide bonds. The molecule has 0 atom stereocenters. The van der Waals surface area contributed by atoms with Crippen molar-refractivity contribution in [3.05, 3.63) is 64.6 Å². The van der Waals surface area contributed by atoms with E-state index >= 15 is 0 Å². The van der Waals surface area contributed by atoms with Gasteiger partial charge < -0.3 is 9.73 Å². The van der Waals surface area contributed by atoms with Crippen molar-refractivity contribution < 1.29 is 8.81 Å². The molecule has 0 aliphatic carbocycles. The van der Waals surface area contributed by atoms with E-state index in [0.29, 0.717) is 6.54 Å². The lowest BCUT2D eigenvalue weighted by atomic mass is 10.2. The van der Waals surface area contributed by atoms with E-state index in [2.05, 4.69) is 10.3 Å². The van der Waals surface area contributed by atoms with E-state index in [1.165, 1.54) is 12.1 Å². The summed E-state index contributed by atoms with van der Waals surface area (Å²) in [6.45, 7) is 1.53. The maximum absolute atomic E-state index is 12.9. The van der Waals surface area contributed by atoms with Crippen molar-refractivity contribution in [1.82, 2.24) is 10.3 Å². The molecule has 1 aromatic carbocycles. The van der Waals surface area contributed by atoms with E-state index in [0.717, 1.165) is 35.1 Å². The van der Waals surface area contributed by atoms with Crippen LogP contribution in [0.2, 0.25) is 0 Å². The van der Waals surface area contributed by atoms with Gasteiger partial charge in [0.15, 0.2) is 0 Å². The number of halogens is 1. The summed E-state index contributed by atoms with van der Waals surface area (Å²) in [5.41, 5.74) is 0.880. The Kier molecular flexibility index (Phi) is 4.43. The SMILES string of the molecule is Fc1ccc(-c2ccc(CNCCc3nccs3)o2)cc1. The second-order valence-corrected chi connectivity index (χ2v) is 5.60. The minimum absolute atomic E-state index is 0.241. The maximum atomic E-state index is 12.9. The van der Waals surface area contributed by atoms with Gasteiger partial charge in [-0.05, 0) is 36.4 Å². The molecule has 0 saturated heterocycles. The summed E-state index contributed by atoms with van der Waals surface area (Å²) in [5.74, 6) is 1.38. The van der Waals surface area contributed by atoms with Crippen LogP contribution < -0.4 is 5.32 Å². The van der Waals surface area contributed by atoms with Gasteiger partial charge >= 0.3 is 0 Å². The third-order valence-electron chi connectivity index (χ3n) is 3.09. The predicted molar refractivity (Wildman–Crippen MR) is 81.6 cm³/mol. The highest BCUT2D eigenvalue weighted by atomic mass is 32.1. The number of furan rings is 1. The molecule has 3 rings (SSSR count). The fourth-order valence-electron chi connectivity index (χ4n) is 2.03. The largest absolute Gasteiger partial charge is 0.460 e. The molecule has 3 nitrogen and oxygen atoms in total. The summed E-state index contributed by atoms with van der Waals surface area (Å²) in [6, 6.07) is 10.1. The van der Waals surface area contributed by atoms with Crippen LogP contribution >= 0.6 is 11.3 Å². The molecule has 5 heteroatoms. The number of hydrogen-bond acceptors (Lipinski definition) is 4. The van der Waals surface area contributed by atoms with Crippen molar-refractivity contribution >= 4 is 11.3 Å². The highest BCUT2D eigenvalue weighted by Crippen LogP contribution is 2.22. The number of nitrogens with one attached hydrogen (secondary N) is 1. The highest BCUT2D eigenvalue weighted by Gasteiger charge is 2.05. The summed E-state index contributed by atoms with van der Waals surface area (Å²) >= 11 is 1.67. The minimum Gasteiger partial charge on any atom is -0.460 e. The maximum Gasteiger partial charge on any atom is 0.134 e. The van der Waals surface area contributed by atoms with E-state index in [-0.39, 0.29) is 5.82 Å². The third kappa shape index (κ3) is 3.77. The zero-order valence-corrected chi connectivity index (χ0v) is 12.2. The Morgan fingerprint density at radius 2 is 2.00 bits per heavy atom. The average Bonchev–Trinajstić information content (AvgIpc) is 3.16. The van der Waals surface area contributed by atoms with Crippen molar-refractivity contribution in [3.8, 4) is 11.3 Å². The molecule has 2 aromatic heterocycles. The van der Waals surface area contributed by atoms with Gasteiger partial charge in [-0.25, -0.2) is 9.37 Å². The van der Waals surface area contributed by atoms with E-state index < -0.39 is 0 Å². The molecule has 0 fully saturated rings. The molecule has 0 saturated carbocycles. The van der Waals surface area contributed by atoms with Crippen LogP contribution in [0.4, 0.5) is 4.39 Å². The summed E-state index contributed by atoms with van der Waals surface area (Å²) in [4.78, 5) is 4.24. The first-order valence-electron chi connectivity index (χ1n) is 6.75. The predicted octanol–water partition coefficient (Wildman–Crippen LogP) is 3.87. The molecular formula is C16H15FN2OS. The van der Waals surface area contributed by atoms with E-state index in [1.807, 2.05) is 23.7 Å². The van der Waals surface area contributed by atoms with Gasteiger partial charge in [0.25, 0.3) is 0 Å². The van der Waals surface area contributed by atoms with Gasteiger partial charge in [0, 0.05) is 30.1 Å². The van der Waals surface area contributed by atoms with E-state index in [4.69, 9.17) is 4.42 Å². The highest BCUT2D eigenvalue weighted by molar-refractivity contribution is 7.09. The minimum atomic E-state index is -0.241. The van der Waals surface area contributed by atoms with Crippen molar-refractivity contribution in [1.29, 1.82) is 0 Å². The van der Waals surface area contributed by atoms with Gasteiger partial charge in [-0.1, -0.05) is 0 Å². The van der Waals surface area contributed by atoms with Crippen LogP contribution in [0.15, 0.2) is 52.4 Å². The van der Waals surface area contributed by atoms with Crippen molar-refractivity contribution in [2.75, 3.05) is 6.54 Å². The van der Waals surface area contributed by atoms with Gasteiger partial charge in [0.05, 0.1) is 11.6 Å². The van der Waals surface area contributed by atoms with Crippen LogP contribution in [0.3, 0.4) is 0 Å². The normalized spacial score (nSPS) is 10.9. The van der Waals surface area contributed by atoms with Gasteiger partial charge in [0.1, 0.15) is 17.3 Å². The Morgan fingerprint density at radius 3 is 2.76 bits per heavy atom. The van der Waals surface area contributed by atoms with Crippen molar-refractivity contribution in [2.45, 2.75) is 13.0 Å². The Labute approximate surface area is 126 Å². The van der Waals surface area contributed by atoms with E-state index in [9.17, 15) is 4.39 Å². The van der Waals surface area contributed by atoms with Gasteiger partial charge in [-0.2, -0.15) is 0 Å². The Bertz CT molecular complexity index is 677. The summed E-state index contributed by atoms with van der Waals surface area (Å²) in [6.07, 6.45) is 2.74. The molecule has 0 aliphatic rings. The van der Waals surface area contributed by atoms with Crippen LogP contribution in [0.5, 0.6) is 0 Å². The standard InChI is InChI=1S/C16H15FN2OS/c17-13-3-1-12(2-4-13)15-6-5-14(20-15)11-18-8-7-16-19-9-10-21-16/h1-6,9-10,18H,7-8,11H2. The van der Waals surface area contributed by atoms with Gasteiger partial charge in [0.2, 0.25) is 0 Å². The Hall–Kier alpha value is -1.98. The first kappa shape index (κ1) is 14.0. The summed E-state index contributed by atoms with van der Waals surface area (Å²) in [5, 5.41) is 6.44. The molecule has 0 spiro atoms. The molecule has 0 unspecified atom stereocenters. The zero-order chi connectivity index (χ0) is 14.5. The molecule has 3 aromatic rings. The third-order valence-corrected chi connectivity index (χ3v) is 3.93. The second-order valence-electron chi connectivity index (χ2n) is 4.63. The number of nitrogens with zero attached hydrogens (tertiary/aromatic N) is 1. The molecular weight excluding hydrogens is 287 g/mol. The number of benzene rings is 1. The Balaban J connectivity index is 1.52. The number of rotatable bonds is 6. The smallest absolute Gasteiger partial charge is 0.134 e. The van der Waals surface area contributed by atoms with Crippen LogP contribution in [-0.4, -0.2) is 11.5 Å². The topological polar surface area (TPSA) is 38.1 Å². The molecule has 108 valence electrons. The number of thiazole rings is 1. The first-order chi connectivity index (χ1) is 10.3. The fourth-order valence-corrected chi connectivity index (χ4v) is 2.65. The molecule has 21 heavy (non-hydrogen) atoms. The lowest BCUT2D eigenvalue weighted by Gasteiger charge is -2.01. The van der Waals surface area contributed by atoms with Crippen molar-refractivity contribution in [3.63, 3.8) is 0 Å².